The Kier molecular flexibility index (Phi) is 6.50. The number of aryl methyl sites for hydroxylation is 1. The zero-order chi connectivity index (χ0) is 26.9. The minimum absolute atomic E-state index is 0.232. The highest BCUT2D eigenvalue weighted by molar-refractivity contribution is 6.04. The van der Waals surface area contributed by atoms with Gasteiger partial charge in [0.25, 0.3) is 11.5 Å². The number of piperazine rings is 1. The Balaban J connectivity index is 1.19. The van der Waals surface area contributed by atoms with E-state index in [-0.39, 0.29) is 11.5 Å². The Morgan fingerprint density at radius 3 is 2.62 bits per heavy atom. The Hall–Kier alpha value is -4.63. The molecular formula is C30H31N7O2. The van der Waals surface area contributed by atoms with Crippen LogP contribution in [0.25, 0.3) is 22.2 Å². The number of fused-ring (bicyclic) bond motifs is 1. The molecule has 0 aliphatic carbocycles. The van der Waals surface area contributed by atoms with Crippen LogP contribution in [0.4, 0.5) is 11.4 Å². The predicted molar refractivity (Wildman–Crippen MR) is 155 cm³/mol. The normalized spacial score (nSPS) is 14.2. The highest BCUT2D eigenvalue weighted by atomic mass is 16.1. The van der Waals surface area contributed by atoms with Crippen molar-refractivity contribution >= 4 is 28.2 Å². The first-order chi connectivity index (χ1) is 18.9. The zero-order valence-electron chi connectivity index (χ0n) is 22.1. The van der Waals surface area contributed by atoms with E-state index in [4.69, 9.17) is 0 Å². The molecule has 1 fully saturated rings. The minimum Gasteiger partial charge on any atom is -0.369 e. The molecule has 0 radical (unpaired) electrons. The molecule has 39 heavy (non-hydrogen) atoms. The van der Waals surface area contributed by atoms with Crippen molar-refractivity contribution in [2.45, 2.75) is 13.5 Å². The Morgan fingerprint density at radius 1 is 1.03 bits per heavy atom. The van der Waals surface area contributed by atoms with Gasteiger partial charge in [-0.05, 0) is 49.9 Å². The number of aromatic amines is 2. The fourth-order valence-electron chi connectivity index (χ4n) is 4.93. The van der Waals surface area contributed by atoms with Crippen LogP contribution in [0.5, 0.6) is 0 Å². The van der Waals surface area contributed by atoms with Gasteiger partial charge in [0.1, 0.15) is 0 Å². The molecule has 1 aliphatic heterocycles. The fourth-order valence-corrected chi connectivity index (χ4v) is 4.93. The molecule has 2 aromatic carbocycles. The van der Waals surface area contributed by atoms with Gasteiger partial charge in [0.2, 0.25) is 0 Å². The second-order valence-corrected chi connectivity index (χ2v) is 10.2. The van der Waals surface area contributed by atoms with Crippen molar-refractivity contribution in [1.82, 2.24) is 24.6 Å². The van der Waals surface area contributed by atoms with Crippen molar-refractivity contribution in [3.8, 4) is 11.3 Å². The predicted octanol–water partition coefficient (Wildman–Crippen LogP) is 4.08. The van der Waals surface area contributed by atoms with Gasteiger partial charge in [0, 0.05) is 55.2 Å². The van der Waals surface area contributed by atoms with Crippen LogP contribution in [0.3, 0.4) is 0 Å². The number of aromatic nitrogens is 4. The molecule has 0 atom stereocenters. The second kappa shape index (κ2) is 10.3. The third kappa shape index (κ3) is 5.35. The molecule has 0 saturated carbocycles. The standard InChI is InChI=1S/C30H31N7O2/c1-20-3-5-21(6-4-20)18-37-19-23(16-32-37)29(38)33-24-15-26(30(39)31-17-24)28-14-22-13-25(7-8-27(22)34-28)36-11-9-35(2)10-12-36/h3-8,13-17,19,34H,9-12,18H2,1-2H3,(H,31,39)(H,33,38). The molecule has 9 nitrogen and oxygen atoms in total. The molecule has 1 saturated heterocycles. The second-order valence-electron chi connectivity index (χ2n) is 10.2. The van der Waals surface area contributed by atoms with E-state index in [1.165, 1.54) is 17.4 Å². The van der Waals surface area contributed by atoms with E-state index >= 15 is 0 Å². The lowest BCUT2D eigenvalue weighted by molar-refractivity contribution is 0.102. The number of nitrogens with one attached hydrogen (secondary N) is 3. The fraction of sp³-hybridized carbons (Fsp3) is 0.233. The Labute approximate surface area is 226 Å². The van der Waals surface area contributed by atoms with Crippen LogP contribution in [-0.4, -0.2) is 63.8 Å². The smallest absolute Gasteiger partial charge is 0.258 e. The summed E-state index contributed by atoms with van der Waals surface area (Å²) >= 11 is 0. The molecule has 0 unspecified atom stereocenters. The van der Waals surface area contributed by atoms with Gasteiger partial charge in [-0.25, -0.2) is 0 Å². The molecule has 6 rings (SSSR count). The van der Waals surface area contributed by atoms with Crippen LogP contribution in [0.15, 0.2) is 78.0 Å². The summed E-state index contributed by atoms with van der Waals surface area (Å²) < 4.78 is 1.73. The van der Waals surface area contributed by atoms with Gasteiger partial charge in [-0.15, -0.1) is 0 Å². The van der Waals surface area contributed by atoms with Gasteiger partial charge in [0.05, 0.1) is 35.2 Å². The first-order valence-electron chi connectivity index (χ1n) is 13.1. The SMILES string of the molecule is Cc1ccc(Cn2cc(C(=O)Nc3c[nH]c(=O)c(-c4cc5cc(N6CCN(C)CC6)ccc5[nH]4)c3)cn2)cc1. The number of hydrogen-bond acceptors (Lipinski definition) is 5. The number of benzene rings is 2. The topological polar surface area (TPSA) is 102 Å². The first-order valence-corrected chi connectivity index (χ1v) is 13.1. The molecule has 1 amide bonds. The summed E-state index contributed by atoms with van der Waals surface area (Å²) in [6.07, 6.45) is 4.78. The molecule has 9 heteroatoms. The maximum absolute atomic E-state index is 12.9. The highest BCUT2D eigenvalue weighted by Gasteiger charge is 2.16. The number of likely N-dealkylation sites (N-methyl/N-ethyl adjacent to an activating group) is 1. The molecule has 4 heterocycles. The number of H-pyrrole nitrogens is 2. The highest BCUT2D eigenvalue weighted by Crippen LogP contribution is 2.28. The van der Waals surface area contributed by atoms with E-state index in [9.17, 15) is 9.59 Å². The van der Waals surface area contributed by atoms with Gasteiger partial charge < -0.3 is 25.1 Å². The molecule has 3 N–H and O–H groups in total. The summed E-state index contributed by atoms with van der Waals surface area (Å²) in [7, 11) is 2.15. The monoisotopic (exact) mass is 521 g/mol. The van der Waals surface area contributed by atoms with E-state index in [1.54, 1.807) is 23.1 Å². The summed E-state index contributed by atoms with van der Waals surface area (Å²) in [6, 6.07) is 18.2. The van der Waals surface area contributed by atoms with Crippen molar-refractivity contribution in [3.05, 3.63) is 100 Å². The van der Waals surface area contributed by atoms with Gasteiger partial charge in [-0.3, -0.25) is 14.3 Å². The van der Waals surface area contributed by atoms with Crippen LogP contribution in [0.2, 0.25) is 0 Å². The van der Waals surface area contributed by atoms with Crippen molar-refractivity contribution in [2.75, 3.05) is 43.4 Å². The number of rotatable bonds is 6. The molecule has 1 aliphatic rings. The van der Waals surface area contributed by atoms with E-state index in [0.29, 0.717) is 29.1 Å². The number of pyridine rings is 1. The van der Waals surface area contributed by atoms with Crippen molar-refractivity contribution in [2.24, 2.45) is 0 Å². The number of amides is 1. The van der Waals surface area contributed by atoms with Gasteiger partial charge >= 0.3 is 0 Å². The average molecular weight is 522 g/mol. The molecule has 0 spiro atoms. The van der Waals surface area contributed by atoms with Crippen molar-refractivity contribution < 1.29 is 4.79 Å². The van der Waals surface area contributed by atoms with Gasteiger partial charge in [0.15, 0.2) is 0 Å². The number of hydrogen-bond donors (Lipinski definition) is 3. The minimum atomic E-state index is -0.295. The van der Waals surface area contributed by atoms with Gasteiger partial charge in [-0.2, -0.15) is 5.10 Å². The van der Waals surface area contributed by atoms with E-state index in [0.717, 1.165) is 42.6 Å². The molecule has 3 aromatic heterocycles. The zero-order valence-corrected chi connectivity index (χ0v) is 22.1. The third-order valence-electron chi connectivity index (χ3n) is 7.28. The maximum atomic E-state index is 12.9. The summed E-state index contributed by atoms with van der Waals surface area (Å²) in [5.74, 6) is -0.295. The third-order valence-corrected chi connectivity index (χ3v) is 7.28. The van der Waals surface area contributed by atoms with Crippen LogP contribution in [-0.2, 0) is 6.54 Å². The maximum Gasteiger partial charge on any atom is 0.258 e. The molecule has 5 aromatic rings. The van der Waals surface area contributed by atoms with E-state index < -0.39 is 0 Å². The summed E-state index contributed by atoms with van der Waals surface area (Å²) in [5.41, 5.74) is 6.30. The van der Waals surface area contributed by atoms with Crippen molar-refractivity contribution in [1.29, 1.82) is 0 Å². The quantitative estimate of drug-likeness (QED) is 0.313. The van der Waals surface area contributed by atoms with Crippen LogP contribution in [0, 0.1) is 6.92 Å². The van der Waals surface area contributed by atoms with Crippen LogP contribution >= 0.6 is 0 Å². The lowest BCUT2D eigenvalue weighted by Crippen LogP contribution is -2.44. The first kappa shape index (κ1) is 24.7. The Morgan fingerprint density at radius 2 is 1.82 bits per heavy atom. The number of carbonyl (C=O) groups excluding carboxylic acids is 1. The van der Waals surface area contributed by atoms with E-state index in [1.807, 2.05) is 13.0 Å². The largest absolute Gasteiger partial charge is 0.369 e. The van der Waals surface area contributed by atoms with E-state index in [2.05, 4.69) is 79.7 Å². The number of nitrogens with zero attached hydrogens (tertiary/aromatic N) is 4. The Bertz CT molecular complexity index is 1690. The molecule has 0 bridgehead atoms. The summed E-state index contributed by atoms with van der Waals surface area (Å²) in [5, 5.41) is 8.25. The molecular weight excluding hydrogens is 490 g/mol. The van der Waals surface area contributed by atoms with Crippen LogP contribution in [0.1, 0.15) is 21.5 Å². The summed E-state index contributed by atoms with van der Waals surface area (Å²) in [6.45, 7) is 6.69. The summed E-state index contributed by atoms with van der Waals surface area (Å²) in [4.78, 5) is 36.5. The van der Waals surface area contributed by atoms with Gasteiger partial charge in [-0.1, -0.05) is 29.8 Å². The van der Waals surface area contributed by atoms with Crippen molar-refractivity contribution in [3.63, 3.8) is 0 Å². The lowest BCUT2D eigenvalue weighted by atomic mass is 10.1. The van der Waals surface area contributed by atoms with Crippen LogP contribution < -0.4 is 15.8 Å². The molecule has 198 valence electrons. The lowest BCUT2D eigenvalue weighted by Gasteiger charge is -2.34. The number of carbonyl (C=O) groups is 1. The number of anilines is 2. The average Bonchev–Trinajstić information content (AvgIpc) is 3.58.